The van der Waals surface area contributed by atoms with E-state index in [2.05, 4.69) is 0 Å². The summed E-state index contributed by atoms with van der Waals surface area (Å²) < 4.78 is 49.9. The third-order valence-electron chi connectivity index (χ3n) is 5.60. The molecule has 0 N–H and O–H groups in total. The zero-order valence-electron chi connectivity index (χ0n) is 22.8. The maximum Gasteiger partial charge on any atom is 0.188 e. The number of benzene rings is 2. The van der Waals surface area contributed by atoms with E-state index in [1.165, 1.54) is 28.4 Å². The van der Waals surface area contributed by atoms with Gasteiger partial charge in [-0.1, -0.05) is 11.6 Å². The van der Waals surface area contributed by atoms with Crippen molar-refractivity contribution in [2.24, 2.45) is 0 Å². The average molecular weight is 533 g/mol. The van der Waals surface area contributed by atoms with Crippen LogP contribution in [0, 0.1) is 0 Å². The molecule has 0 fully saturated rings. The van der Waals surface area contributed by atoms with Crippen molar-refractivity contribution in [3.8, 4) is 28.7 Å². The molecule has 0 aliphatic carbocycles. The van der Waals surface area contributed by atoms with Crippen molar-refractivity contribution in [1.82, 2.24) is 0 Å². The van der Waals surface area contributed by atoms with Gasteiger partial charge in [-0.15, -0.1) is 0 Å². The zero-order valence-corrected chi connectivity index (χ0v) is 22.8. The van der Waals surface area contributed by atoms with Gasteiger partial charge < -0.3 is 42.6 Å². The van der Waals surface area contributed by atoms with Crippen LogP contribution in [-0.2, 0) is 25.4 Å². The molecule has 1 aliphatic rings. The van der Waals surface area contributed by atoms with E-state index in [9.17, 15) is 4.79 Å². The maximum absolute atomic E-state index is 13.6. The molecule has 1 atom stereocenters. The number of carbonyl (C=O) groups is 1. The second-order valence-electron chi connectivity index (χ2n) is 8.68. The Hall–Kier alpha value is -3.31. The summed E-state index contributed by atoms with van der Waals surface area (Å²) in [5, 5.41) is 0. The van der Waals surface area contributed by atoms with Gasteiger partial charge in [0.15, 0.2) is 33.0 Å². The van der Waals surface area contributed by atoms with Crippen molar-refractivity contribution < 1.29 is 47.4 Å². The molecule has 2 aromatic carbocycles. The summed E-state index contributed by atoms with van der Waals surface area (Å²) in [6.45, 7) is 4.06. The number of carbonyl (C=O) groups excluding carboxylic acids is 1. The highest BCUT2D eigenvalue weighted by molar-refractivity contribution is 6.03. The quantitative estimate of drug-likeness (QED) is 0.234. The molecule has 0 saturated heterocycles. The van der Waals surface area contributed by atoms with Gasteiger partial charge in [0, 0.05) is 51.7 Å². The van der Waals surface area contributed by atoms with E-state index in [4.69, 9.17) is 42.6 Å². The van der Waals surface area contributed by atoms with Crippen LogP contribution in [0.25, 0.3) is 0 Å². The molecule has 38 heavy (non-hydrogen) atoms. The minimum Gasteiger partial charge on any atom is -0.484 e. The summed E-state index contributed by atoms with van der Waals surface area (Å²) in [6.07, 6.45) is 1.94. The van der Waals surface area contributed by atoms with Gasteiger partial charge in [0.1, 0.15) is 40.4 Å². The summed E-state index contributed by atoms with van der Waals surface area (Å²) in [6, 6.07) is 6.97. The van der Waals surface area contributed by atoms with Crippen molar-refractivity contribution >= 4 is 5.78 Å². The van der Waals surface area contributed by atoms with Crippen LogP contribution in [0.1, 0.15) is 47.9 Å². The van der Waals surface area contributed by atoms with Crippen LogP contribution in [0.3, 0.4) is 0 Å². The number of methoxy groups -OCH3 is 4. The Labute approximate surface area is 223 Å². The van der Waals surface area contributed by atoms with Crippen LogP contribution < -0.4 is 23.7 Å². The molecule has 0 radical (unpaired) electrons. The molecule has 1 unspecified atom stereocenters. The number of rotatable bonds is 15. The van der Waals surface area contributed by atoms with Gasteiger partial charge in [0.25, 0.3) is 0 Å². The van der Waals surface area contributed by atoms with Gasteiger partial charge in [0.05, 0.1) is 6.42 Å². The number of ketones is 1. The van der Waals surface area contributed by atoms with Gasteiger partial charge in [-0.2, -0.15) is 0 Å². The fourth-order valence-electron chi connectivity index (χ4n) is 3.91. The molecular formula is C28H36O10. The number of hydrogen-bond donors (Lipinski definition) is 0. The molecular weight excluding hydrogens is 496 g/mol. The molecule has 0 aromatic heterocycles. The standard InChI is InChI=1S/C28H36O10/c1-18(2)7-9-21-24(36-16-32-5)13-26(37-17-33-6)27-22(29)12-25(38-28(21)27)20-10-8-19(34-14-30-3)11-23(20)35-15-31-4/h7-8,10-11,13,25H,9,12,14-17H2,1-6H3. The molecule has 3 rings (SSSR count). The van der Waals surface area contributed by atoms with Gasteiger partial charge in [-0.3, -0.25) is 4.79 Å². The van der Waals surface area contributed by atoms with Crippen LogP contribution in [0.4, 0.5) is 0 Å². The van der Waals surface area contributed by atoms with Crippen molar-refractivity contribution in [3.05, 3.63) is 52.6 Å². The van der Waals surface area contributed by atoms with Gasteiger partial charge in [-0.05, 0) is 32.4 Å². The monoisotopic (exact) mass is 532 g/mol. The second kappa shape index (κ2) is 14.6. The number of ether oxygens (including phenoxy) is 9. The summed E-state index contributed by atoms with van der Waals surface area (Å²) in [5.74, 6) is 2.06. The molecule has 0 bridgehead atoms. The Balaban J connectivity index is 2.12. The Morgan fingerprint density at radius 2 is 1.45 bits per heavy atom. The first-order chi connectivity index (χ1) is 18.4. The molecule has 0 spiro atoms. The van der Waals surface area contributed by atoms with Crippen molar-refractivity contribution in [3.63, 3.8) is 0 Å². The number of fused-ring (bicyclic) bond motifs is 1. The largest absolute Gasteiger partial charge is 0.484 e. The van der Waals surface area contributed by atoms with Crippen molar-refractivity contribution in [2.45, 2.75) is 32.8 Å². The van der Waals surface area contributed by atoms with E-state index >= 15 is 0 Å². The fourth-order valence-corrected chi connectivity index (χ4v) is 3.91. The van der Waals surface area contributed by atoms with Crippen LogP contribution in [0.15, 0.2) is 35.9 Å². The first kappa shape index (κ1) is 29.2. The van der Waals surface area contributed by atoms with Crippen molar-refractivity contribution in [1.29, 1.82) is 0 Å². The van der Waals surface area contributed by atoms with Gasteiger partial charge in [0.2, 0.25) is 0 Å². The van der Waals surface area contributed by atoms with E-state index < -0.39 is 6.10 Å². The van der Waals surface area contributed by atoms with Crippen LogP contribution in [-0.4, -0.2) is 61.4 Å². The van der Waals surface area contributed by atoms with E-state index in [1.54, 1.807) is 18.2 Å². The highest BCUT2D eigenvalue weighted by Crippen LogP contribution is 2.48. The topological polar surface area (TPSA) is 100 Å². The lowest BCUT2D eigenvalue weighted by atomic mass is 9.91. The third kappa shape index (κ3) is 7.38. The van der Waals surface area contributed by atoms with E-state index in [1.807, 2.05) is 26.0 Å². The van der Waals surface area contributed by atoms with E-state index in [-0.39, 0.29) is 39.4 Å². The van der Waals surface area contributed by atoms with Gasteiger partial charge in [-0.25, -0.2) is 0 Å². The Bertz CT molecular complexity index is 1110. The molecule has 208 valence electrons. The Kier molecular flexibility index (Phi) is 11.2. The highest BCUT2D eigenvalue weighted by atomic mass is 16.7. The molecule has 2 aromatic rings. The second-order valence-corrected chi connectivity index (χ2v) is 8.68. The smallest absolute Gasteiger partial charge is 0.188 e. The van der Waals surface area contributed by atoms with Crippen LogP contribution >= 0.6 is 0 Å². The maximum atomic E-state index is 13.6. The van der Waals surface area contributed by atoms with Crippen LogP contribution in [0.5, 0.6) is 28.7 Å². The Morgan fingerprint density at radius 1 is 0.842 bits per heavy atom. The molecule has 0 amide bonds. The van der Waals surface area contributed by atoms with Crippen LogP contribution in [0.2, 0.25) is 0 Å². The zero-order chi connectivity index (χ0) is 27.5. The number of allylic oxidation sites excluding steroid dienone is 2. The predicted octanol–water partition coefficient (Wildman–Crippen LogP) is 4.83. The lowest BCUT2D eigenvalue weighted by molar-refractivity contribution is 0.0420. The fraction of sp³-hybridized carbons (Fsp3) is 0.464. The normalized spacial score (nSPS) is 14.4. The van der Waals surface area contributed by atoms with Crippen molar-refractivity contribution in [2.75, 3.05) is 55.6 Å². The molecule has 0 saturated carbocycles. The Morgan fingerprint density at radius 3 is 2.08 bits per heavy atom. The first-order valence-electron chi connectivity index (χ1n) is 12.1. The summed E-state index contributed by atoms with van der Waals surface area (Å²) in [4.78, 5) is 13.6. The summed E-state index contributed by atoms with van der Waals surface area (Å²) in [7, 11) is 6.11. The summed E-state index contributed by atoms with van der Waals surface area (Å²) in [5.41, 5.74) is 2.83. The number of hydrogen-bond acceptors (Lipinski definition) is 10. The first-order valence-corrected chi connectivity index (χ1v) is 12.1. The predicted molar refractivity (Wildman–Crippen MR) is 138 cm³/mol. The molecule has 10 nitrogen and oxygen atoms in total. The van der Waals surface area contributed by atoms with E-state index in [0.717, 1.165) is 5.57 Å². The SMILES string of the molecule is COCOc1ccc(C2CC(=O)c3c(OCOC)cc(OCOC)c(CC=C(C)C)c3O2)c(OCOC)c1. The average Bonchev–Trinajstić information content (AvgIpc) is 2.91. The lowest BCUT2D eigenvalue weighted by Crippen LogP contribution is -2.24. The minimum absolute atomic E-state index is 0.00776. The van der Waals surface area contributed by atoms with E-state index in [0.29, 0.717) is 51.9 Å². The lowest BCUT2D eigenvalue weighted by Gasteiger charge is -2.30. The number of Topliss-reactive ketones (excluding diaryl/α,β-unsaturated/α-hetero) is 1. The third-order valence-corrected chi connectivity index (χ3v) is 5.60. The molecule has 10 heteroatoms. The highest BCUT2D eigenvalue weighted by Gasteiger charge is 2.35. The molecule has 1 aliphatic heterocycles. The molecule has 1 heterocycles. The van der Waals surface area contributed by atoms with Gasteiger partial charge >= 0.3 is 0 Å². The summed E-state index contributed by atoms with van der Waals surface area (Å²) >= 11 is 0. The minimum atomic E-state index is -0.642.